The number of rotatable bonds is 3. The first kappa shape index (κ1) is 17.7. The van der Waals surface area contributed by atoms with Gasteiger partial charge in [0.05, 0.1) is 11.6 Å². The van der Waals surface area contributed by atoms with Crippen molar-refractivity contribution in [3.05, 3.63) is 88.9 Å². The number of aliphatic hydroxyl groups excluding tert-OH is 1. The average molecular weight is 378 g/mol. The molecule has 1 saturated heterocycles. The fraction of sp³-hybridized carbons (Fsp3) is 0.0952. The predicted octanol–water partition coefficient (Wildman–Crippen LogP) is 3.75. The van der Waals surface area contributed by atoms with Crippen LogP contribution in [-0.2, 0) is 9.59 Å². The van der Waals surface area contributed by atoms with E-state index >= 15 is 0 Å². The summed E-state index contributed by atoms with van der Waals surface area (Å²) in [5.41, 5.74) is 0.208. The molecule has 2 heterocycles. The molecule has 1 aliphatic heterocycles. The highest BCUT2D eigenvalue weighted by molar-refractivity contribution is 6.51. The molecule has 0 spiro atoms. The number of ketones is 1. The van der Waals surface area contributed by atoms with Gasteiger partial charge in [-0.2, -0.15) is 0 Å². The van der Waals surface area contributed by atoms with Crippen LogP contribution in [0.1, 0.15) is 22.9 Å². The van der Waals surface area contributed by atoms with Gasteiger partial charge in [-0.05, 0) is 13.0 Å². The molecule has 0 aliphatic carbocycles. The summed E-state index contributed by atoms with van der Waals surface area (Å²) in [5.74, 6) is -2.34. The Labute approximate surface area is 159 Å². The zero-order chi connectivity index (χ0) is 19.8. The van der Waals surface area contributed by atoms with E-state index in [1.165, 1.54) is 24.3 Å². The number of benzene rings is 2. The number of Topliss-reactive ketones (excluding diaryl/α,β-unsaturated/α-hetero) is 1. The molecular formula is C21H15FN2O4. The molecule has 0 saturated carbocycles. The van der Waals surface area contributed by atoms with E-state index in [4.69, 9.17) is 4.52 Å². The highest BCUT2D eigenvalue weighted by Crippen LogP contribution is 2.42. The van der Waals surface area contributed by atoms with Gasteiger partial charge in [-0.15, -0.1) is 0 Å². The van der Waals surface area contributed by atoms with E-state index in [0.717, 1.165) is 4.90 Å². The van der Waals surface area contributed by atoms with Gasteiger partial charge in [0.2, 0.25) is 0 Å². The van der Waals surface area contributed by atoms with Crippen LogP contribution < -0.4 is 4.90 Å². The Balaban J connectivity index is 1.98. The van der Waals surface area contributed by atoms with Crippen molar-refractivity contribution in [2.45, 2.75) is 13.0 Å². The van der Waals surface area contributed by atoms with Crippen LogP contribution in [0.2, 0.25) is 0 Å². The number of aliphatic hydroxyl groups is 1. The summed E-state index contributed by atoms with van der Waals surface area (Å²) in [6.45, 7) is 1.63. The van der Waals surface area contributed by atoms with E-state index < -0.39 is 23.5 Å². The van der Waals surface area contributed by atoms with Gasteiger partial charge in [0.25, 0.3) is 5.78 Å². The molecular weight excluding hydrogens is 363 g/mol. The fourth-order valence-electron chi connectivity index (χ4n) is 3.28. The molecule has 0 radical (unpaired) electrons. The summed E-state index contributed by atoms with van der Waals surface area (Å²) in [4.78, 5) is 26.6. The van der Waals surface area contributed by atoms with E-state index in [9.17, 15) is 19.1 Å². The summed E-state index contributed by atoms with van der Waals surface area (Å²) in [5, 5.41) is 14.6. The van der Waals surface area contributed by atoms with Crippen LogP contribution in [0, 0.1) is 12.7 Å². The van der Waals surface area contributed by atoms with Crippen LogP contribution in [0.25, 0.3) is 5.76 Å². The Kier molecular flexibility index (Phi) is 4.27. The second-order valence-corrected chi connectivity index (χ2v) is 6.35. The first-order valence-electron chi connectivity index (χ1n) is 8.53. The van der Waals surface area contributed by atoms with Crippen molar-refractivity contribution in [3.8, 4) is 0 Å². The largest absolute Gasteiger partial charge is 0.507 e. The average Bonchev–Trinajstić information content (AvgIpc) is 3.23. The maximum Gasteiger partial charge on any atom is 0.301 e. The number of hydrogen-bond acceptors (Lipinski definition) is 5. The lowest BCUT2D eigenvalue weighted by molar-refractivity contribution is -0.132. The second-order valence-electron chi connectivity index (χ2n) is 6.35. The molecule has 0 bridgehead atoms. The minimum atomic E-state index is -1.18. The predicted molar refractivity (Wildman–Crippen MR) is 98.9 cm³/mol. The smallest absolute Gasteiger partial charge is 0.301 e. The van der Waals surface area contributed by atoms with E-state index in [2.05, 4.69) is 5.16 Å². The summed E-state index contributed by atoms with van der Waals surface area (Å²) >= 11 is 0. The van der Waals surface area contributed by atoms with Gasteiger partial charge in [0, 0.05) is 17.2 Å². The minimum Gasteiger partial charge on any atom is -0.507 e. The highest BCUT2D eigenvalue weighted by atomic mass is 19.1. The third-order valence-electron chi connectivity index (χ3n) is 4.55. The lowest BCUT2D eigenvalue weighted by Gasteiger charge is -2.23. The maximum absolute atomic E-state index is 14.6. The number of halogens is 1. The number of aryl methyl sites for hydroxylation is 1. The van der Waals surface area contributed by atoms with Gasteiger partial charge in [-0.1, -0.05) is 53.7 Å². The number of amides is 1. The zero-order valence-corrected chi connectivity index (χ0v) is 14.8. The molecule has 1 fully saturated rings. The third kappa shape index (κ3) is 2.77. The number of hydrogen-bond donors (Lipinski definition) is 1. The van der Waals surface area contributed by atoms with Crippen molar-refractivity contribution in [2.75, 3.05) is 4.90 Å². The van der Waals surface area contributed by atoms with Crippen LogP contribution in [0.15, 0.2) is 70.8 Å². The van der Waals surface area contributed by atoms with Crippen LogP contribution in [-0.4, -0.2) is 22.0 Å². The van der Waals surface area contributed by atoms with Crippen LogP contribution >= 0.6 is 0 Å². The lowest BCUT2D eigenvalue weighted by atomic mass is 9.95. The van der Waals surface area contributed by atoms with Crippen molar-refractivity contribution in [2.24, 2.45) is 0 Å². The Bertz CT molecular complexity index is 1100. The van der Waals surface area contributed by atoms with Gasteiger partial charge in [0.15, 0.2) is 5.82 Å². The van der Waals surface area contributed by atoms with E-state index in [0.29, 0.717) is 11.3 Å². The highest BCUT2D eigenvalue weighted by Gasteiger charge is 2.48. The van der Waals surface area contributed by atoms with Crippen LogP contribution in [0.5, 0.6) is 0 Å². The van der Waals surface area contributed by atoms with Crippen molar-refractivity contribution >= 4 is 23.3 Å². The topological polar surface area (TPSA) is 83.6 Å². The summed E-state index contributed by atoms with van der Waals surface area (Å²) < 4.78 is 19.7. The SMILES string of the molecule is Cc1cc(N2C(=O)C(=O)/C(=C(/O)c3ccccc3)[C@@H]2c2ccccc2F)no1. The molecule has 1 aromatic heterocycles. The summed E-state index contributed by atoms with van der Waals surface area (Å²) in [6.07, 6.45) is 0. The quantitative estimate of drug-likeness (QED) is 0.426. The van der Waals surface area contributed by atoms with Crippen molar-refractivity contribution in [3.63, 3.8) is 0 Å². The molecule has 1 atom stereocenters. The maximum atomic E-state index is 14.6. The van der Waals surface area contributed by atoms with E-state index in [1.54, 1.807) is 43.3 Å². The van der Waals surface area contributed by atoms with Gasteiger partial charge in [-0.25, -0.2) is 4.39 Å². The summed E-state index contributed by atoms with van der Waals surface area (Å²) in [6, 6.07) is 14.4. The molecule has 2 aromatic carbocycles. The molecule has 1 N–H and O–H groups in total. The molecule has 7 heteroatoms. The normalized spacial score (nSPS) is 18.6. The van der Waals surface area contributed by atoms with Crippen molar-refractivity contribution < 1.29 is 23.6 Å². The van der Waals surface area contributed by atoms with Gasteiger partial charge in [0.1, 0.15) is 17.3 Å². The number of anilines is 1. The monoisotopic (exact) mass is 378 g/mol. The first-order chi connectivity index (χ1) is 13.5. The minimum absolute atomic E-state index is 0.0693. The van der Waals surface area contributed by atoms with E-state index in [1.807, 2.05) is 0 Å². The number of aromatic nitrogens is 1. The summed E-state index contributed by atoms with van der Waals surface area (Å²) in [7, 11) is 0. The van der Waals surface area contributed by atoms with Crippen molar-refractivity contribution in [1.82, 2.24) is 5.16 Å². The van der Waals surface area contributed by atoms with Crippen LogP contribution in [0.4, 0.5) is 10.2 Å². The van der Waals surface area contributed by atoms with Gasteiger partial charge >= 0.3 is 5.91 Å². The van der Waals surface area contributed by atoms with E-state index in [-0.39, 0.29) is 22.7 Å². The molecule has 0 unspecified atom stereocenters. The Hall–Kier alpha value is -3.74. The molecule has 1 amide bonds. The molecule has 28 heavy (non-hydrogen) atoms. The lowest BCUT2D eigenvalue weighted by Crippen LogP contribution is -2.30. The number of nitrogens with zero attached hydrogens (tertiary/aromatic N) is 2. The second kappa shape index (κ2) is 6.77. The Morgan fingerprint density at radius 3 is 2.43 bits per heavy atom. The zero-order valence-electron chi connectivity index (χ0n) is 14.8. The molecule has 140 valence electrons. The molecule has 3 aromatic rings. The molecule has 1 aliphatic rings. The third-order valence-corrected chi connectivity index (χ3v) is 4.55. The first-order valence-corrected chi connectivity index (χ1v) is 8.53. The molecule has 4 rings (SSSR count). The van der Waals surface area contributed by atoms with Gasteiger partial charge < -0.3 is 9.63 Å². The number of carbonyl (C=O) groups is 2. The Morgan fingerprint density at radius 1 is 1.11 bits per heavy atom. The fourth-order valence-corrected chi connectivity index (χ4v) is 3.28. The van der Waals surface area contributed by atoms with Gasteiger partial charge in [-0.3, -0.25) is 14.5 Å². The number of carbonyl (C=O) groups excluding carboxylic acids is 2. The Morgan fingerprint density at radius 2 is 1.79 bits per heavy atom. The van der Waals surface area contributed by atoms with Crippen LogP contribution in [0.3, 0.4) is 0 Å². The standard InChI is InChI=1S/C21H15FN2O4/c1-12-11-16(23-28-12)24-18(14-9-5-6-10-15(14)22)17(20(26)21(24)27)19(25)13-7-3-2-4-8-13/h2-11,18,25H,1H3/b19-17+/t18-/m0/s1. The molecule has 6 nitrogen and oxygen atoms in total. The van der Waals surface area contributed by atoms with Crippen molar-refractivity contribution in [1.29, 1.82) is 0 Å².